The Kier molecular flexibility index (Phi) is 3.04. The Balaban J connectivity index is 2.47. The number of carbonyl (C=O) groups is 1. The van der Waals surface area contributed by atoms with Gasteiger partial charge in [0.25, 0.3) is 0 Å². The Morgan fingerprint density at radius 1 is 1.41 bits per heavy atom. The second-order valence-corrected chi connectivity index (χ2v) is 4.04. The van der Waals surface area contributed by atoms with Gasteiger partial charge in [0.15, 0.2) is 5.78 Å². The van der Waals surface area contributed by atoms with E-state index in [1.54, 1.807) is 23.3 Å². The number of hydrogen-bond donors (Lipinski definition) is 0. The molecular weight excluding hydrogens is 214 g/mol. The lowest BCUT2D eigenvalue weighted by Crippen LogP contribution is -2.05. The highest BCUT2D eigenvalue weighted by Crippen LogP contribution is 2.15. The minimum atomic E-state index is 0.000509. The number of aryl methyl sites for hydroxylation is 3. The molecule has 0 aliphatic carbocycles. The monoisotopic (exact) mass is 229 g/mol. The molecule has 4 nitrogen and oxygen atoms in total. The number of rotatable bonds is 3. The molecule has 0 amide bonds. The van der Waals surface area contributed by atoms with Crippen molar-refractivity contribution in [3.8, 4) is 0 Å². The van der Waals surface area contributed by atoms with Crippen LogP contribution in [0, 0.1) is 6.92 Å². The standard InChI is InChI=1S/C13H15N3O/c1-4-12-11(8-16(3)15-12)13(17)10-7-14-6-5-9(10)2/h5-8H,4H2,1-3H3. The van der Waals surface area contributed by atoms with Gasteiger partial charge >= 0.3 is 0 Å². The van der Waals surface area contributed by atoms with Crippen LogP contribution in [0.25, 0.3) is 0 Å². The number of ketones is 1. The number of hydrogen-bond acceptors (Lipinski definition) is 3. The van der Waals surface area contributed by atoms with E-state index in [4.69, 9.17) is 0 Å². The minimum Gasteiger partial charge on any atom is -0.288 e. The van der Waals surface area contributed by atoms with Gasteiger partial charge in [0.05, 0.1) is 11.3 Å². The van der Waals surface area contributed by atoms with Crippen LogP contribution < -0.4 is 0 Å². The summed E-state index contributed by atoms with van der Waals surface area (Å²) in [6, 6.07) is 1.84. The van der Waals surface area contributed by atoms with Crippen molar-refractivity contribution in [2.75, 3.05) is 0 Å². The van der Waals surface area contributed by atoms with Crippen molar-refractivity contribution < 1.29 is 4.79 Å². The van der Waals surface area contributed by atoms with Crippen LogP contribution in [-0.4, -0.2) is 20.5 Å². The van der Waals surface area contributed by atoms with Gasteiger partial charge in [-0.25, -0.2) is 0 Å². The van der Waals surface area contributed by atoms with Gasteiger partial charge in [-0.3, -0.25) is 14.5 Å². The molecule has 2 rings (SSSR count). The maximum absolute atomic E-state index is 12.4. The third-order valence-corrected chi connectivity index (χ3v) is 2.77. The summed E-state index contributed by atoms with van der Waals surface area (Å²) in [5.74, 6) is 0.000509. The van der Waals surface area contributed by atoms with Gasteiger partial charge in [-0.2, -0.15) is 5.10 Å². The number of carbonyl (C=O) groups excluding carboxylic acids is 1. The highest BCUT2D eigenvalue weighted by molar-refractivity contribution is 6.10. The molecule has 0 saturated heterocycles. The van der Waals surface area contributed by atoms with Crippen molar-refractivity contribution in [1.82, 2.24) is 14.8 Å². The predicted octanol–water partition coefficient (Wildman–Crippen LogP) is 1.92. The Hall–Kier alpha value is -1.97. The highest BCUT2D eigenvalue weighted by atomic mass is 16.1. The normalized spacial score (nSPS) is 10.5. The summed E-state index contributed by atoms with van der Waals surface area (Å²) in [7, 11) is 1.83. The molecule has 0 bridgehead atoms. The van der Waals surface area contributed by atoms with E-state index in [1.807, 2.05) is 27.0 Å². The third kappa shape index (κ3) is 2.11. The summed E-state index contributed by atoms with van der Waals surface area (Å²) in [6.45, 7) is 3.91. The predicted molar refractivity (Wildman–Crippen MR) is 65.0 cm³/mol. The molecule has 0 unspecified atom stereocenters. The van der Waals surface area contributed by atoms with Crippen LogP contribution in [0.15, 0.2) is 24.7 Å². The number of pyridine rings is 1. The van der Waals surface area contributed by atoms with Gasteiger partial charge in [0, 0.05) is 31.2 Å². The zero-order valence-corrected chi connectivity index (χ0v) is 10.3. The lowest BCUT2D eigenvalue weighted by molar-refractivity contribution is 0.103. The van der Waals surface area contributed by atoms with Crippen LogP contribution in [0.4, 0.5) is 0 Å². The second kappa shape index (κ2) is 4.49. The van der Waals surface area contributed by atoms with Crippen molar-refractivity contribution in [2.45, 2.75) is 20.3 Å². The molecule has 0 spiro atoms. The summed E-state index contributed by atoms with van der Waals surface area (Å²) >= 11 is 0. The molecule has 0 aliphatic heterocycles. The molecule has 0 N–H and O–H groups in total. The molecular formula is C13H15N3O. The average molecular weight is 229 g/mol. The molecule has 2 aromatic heterocycles. The summed E-state index contributed by atoms with van der Waals surface area (Å²) < 4.78 is 1.68. The summed E-state index contributed by atoms with van der Waals surface area (Å²) in [5, 5.41) is 4.28. The Labute approximate surface area is 100 Å². The van der Waals surface area contributed by atoms with E-state index >= 15 is 0 Å². The summed E-state index contributed by atoms with van der Waals surface area (Å²) in [4.78, 5) is 16.4. The van der Waals surface area contributed by atoms with E-state index < -0.39 is 0 Å². The summed E-state index contributed by atoms with van der Waals surface area (Å²) in [5.41, 5.74) is 3.10. The fourth-order valence-electron chi connectivity index (χ4n) is 1.83. The molecule has 4 heteroatoms. The van der Waals surface area contributed by atoms with Crippen molar-refractivity contribution in [1.29, 1.82) is 0 Å². The van der Waals surface area contributed by atoms with Crippen LogP contribution in [0.5, 0.6) is 0 Å². The van der Waals surface area contributed by atoms with Crippen molar-refractivity contribution >= 4 is 5.78 Å². The molecule has 2 heterocycles. The number of aromatic nitrogens is 3. The third-order valence-electron chi connectivity index (χ3n) is 2.77. The molecule has 2 aromatic rings. The van der Waals surface area contributed by atoms with Gasteiger partial charge in [-0.1, -0.05) is 6.92 Å². The molecule has 0 aromatic carbocycles. The maximum Gasteiger partial charge on any atom is 0.198 e. The lowest BCUT2D eigenvalue weighted by Gasteiger charge is -2.03. The first-order valence-electron chi connectivity index (χ1n) is 5.61. The maximum atomic E-state index is 12.4. The minimum absolute atomic E-state index is 0.000509. The van der Waals surface area contributed by atoms with Gasteiger partial charge in [0.1, 0.15) is 0 Å². The van der Waals surface area contributed by atoms with E-state index in [1.165, 1.54) is 0 Å². The van der Waals surface area contributed by atoms with Gasteiger partial charge in [0.2, 0.25) is 0 Å². The molecule has 88 valence electrons. The Bertz CT molecular complexity index is 558. The van der Waals surface area contributed by atoms with Gasteiger partial charge in [-0.15, -0.1) is 0 Å². The second-order valence-electron chi connectivity index (χ2n) is 4.04. The summed E-state index contributed by atoms with van der Waals surface area (Å²) in [6.07, 6.45) is 5.83. The molecule has 0 saturated carbocycles. The van der Waals surface area contributed by atoms with Crippen LogP contribution >= 0.6 is 0 Å². The van der Waals surface area contributed by atoms with E-state index in [-0.39, 0.29) is 5.78 Å². The average Bonchev–Trinajstić information content (AvgIpc) is 2.70. The van der Waals surface area contributed by atoms with Gasteiger partial charge in [-0.05, 0) is 25.0 Å². The zero-order valence-electron chi connectivity index (χ0n) is 10.3. The Morgan fingerprint density at radius 2 is 2.18 bits per heavy atom. The van der Waals surface area contributed by atoms with Crippen molar-refractivity contribution in [3.63, 3.8) is 0 Å². The lowest BCUT2D eigenvalue weighted by atomic mass is 10.0. The van der Waals surface area contributed by atoms with E-state index in [2.05, 4.69) is 10.1 Å². The fraction of sp³-hybridized carbons (Fsp3) is 0.308. The van der Waals surface area contributed by atoms with Crippen LogP contribution in [0.1, 0.15) is 34.1 Å². The van der Waals surface area contributed by atoms with E-state index in [0.29, 0.717) is 11.1 Å². The molecule has 17 heavy (non-hydrogen) atoms. The fourth-order valence-corrected chi connectivity index (χ4v) is 1.83. The molecule has 0 atom stereocenters. The van der Waals surface area contributed by atoms with Crippen LogP contribution in [0.3, 0.4) is 0 Å². The first-order chi connectivity index (χ1) is 8.13. The van der Waals surface area contributed by atoms with Crippen LogP contribution in [-0.2, 0) is 13.5 Å². The molecule has 0 radical (unpaired) electrons. The van der Waals surface area contributed by atoms with Crippen molar-refractivity contribution in [3.05, 3.63) is 47.0 Å². The van der Waals surface area contributed by atoms with Crippen molar-refractivity contribution in [2.24, 2.45) is 7.05 Å². The molecule has 0 aliphatic rings. The SMILES string of the molecule is CCc1nn(C)cc1C(=O)c1cnccc1C. The largest absolute Gasteiger partial charge is 0.288 e. The van der Waals surface area contributed by atoms with E-state index in [0.717, 1.165) is 17.7 Å². The number of nitrogens with zero attached hydrogens (tertiary/aromatic N) is 3. The van der Waals surface area contributed by atoms with Gasteiger partial charge < -0.3 is 0 Å². The Morgan fingerprint density at radius 3 is 2.82 bits per heavy atom. The molecule has 0 fully saturated rings. The highest BCUT2D eigenvalue weighted by Gasteiger charge is 2.17. The van der Waals surface area contributed by atoms with E-state index in [9.17, 15) is 4.79 Å². The topological polar surface area (TPSA) is 47.8 Å². The first kappa shape index (κ1) is 11.5. The van der Waals surface area contributed by atoms with Crippen LogP contribution in [0.2, 0.25) is 0 Å². The first-order valence-corrected chi connectivity index (χ1v) is 5.61. The quantitative estimate of drug-likeness (QED) is 0.755. The smallest absolute Gasteiger partial charge is 0.198 e. The zero-order chi connectivity index (χ0) is 12.4.